The zero-order valence-corrected chi connectivity index (χ0v) is 13.1. The first-order valence-electron chi connectivity index (χ1n) is 7.42. The second kappa shape index (κ2) is 4.99. The summed E-state index contributed by atoms with van der Waals surface area (Å²) in [5, 5.41) is 6.88. The van der Waals surface area contributed by atoms with Crippen molar-refractivity contribution in [2.45, 2.75) is 33.1 Å². The number of anilines is 1. The van der Waals surface area contributed by atoms with Crippen LogP contribution in [0.25, 0.3) is 21.7 Å². The molecule has 0 radical (unpaired) electrons. The Morgan fingerprint density at radius 1 is 1.10 bits per heavy atom. The molecular formula is C18H21N3. The van der Waals surface area contributed by atoms with Crippen LogP contribution in [0.15, 0.2) is 36.7 Å². The van der Waals surface area contributed by atoms with Crippen LogP contribution in [0.1, 0.15) is 33.3 Å². The van der Waals surface area contributed by atoms with Gasteiger partial charge in [-0.1, -0.05) is 32.9 Å². The normalized spacial score (nSPS) is 12.0. The fraction of sp³-hybridized carbons (Fsp3) is 0.333. The summed E-state index contributed by atoms with van der Waals surface area (Å²) in [6.45, 7) is 9.64. The molecule has 0 fully saturated rings. The van der Waals surface area contributed by atoms with E-state index in [0.717, 1.165) is 28.7 Å². The highest BCUT2D eigenvalue weighted by Crippen LogP contribution is 2.33. The molecule has 0 aliphatic rings. The summed E-state index contributed by atoms with van der Waals surface area (Å²) in [5.41, 5.74) is 2.36. The van der Waals surface area contributed by atoms with Crippen LogP contribution in [-0.2, 0) is 5.41 Å². The van der Waals surface area contributed by atoms with E-state index in [1.165, 1.54) is 10.9 Å². The first-order valence-corrected chi connectivity index (χ1v) is 7.42. The summed E-state index contributed by atoms with van der Waals surface area (Å²) < 4.78 is 0. The largest absolute Gasteiger partial charge is 0.370 e. The average Bonchev–Trinajstić information content (AvgIpc) is 2.46. The molecule has 0 bridgehead atoms. The van der Waals surface area contributed by atoms with E-state index in [0.29, 0.717) is 0 Å². The van der Waals surface area contributed by atoms with Crippen LogP contribution < -0.4 is 5.32 Å². The van der Waals surface area contributed by atoms with Gasteiger partial charge in [-0.05, 0) is 24.5 Å². The highest BCUT2D eigenvalue weighted by molar-refractivity contribution is 6.05. The second-order valence-electron chi connectivity index (χ2n) is 6.40. The van der Waals surface area contributed by atoms with E-state index in [1.54, 1.807) is 0 Å². The van der Waals surface area contributed by atoms with Gasteiger partial charge in [-0.25, -0.2) is 4.98 Å². The van der Waals surface area contributed by atoms with Crippen molar-refractivity contribution in [1.29, 1.82) is 0 Å². The summed E-state index contributed by atoms with van der Waals surface area (Å²) in [5.74, 6) is 0.988. The zero-order chi connectivity index (χ0) is 15.0. The molecule has 3 rings (SSSR count). The van der Waals surface area contributed by atoms with Gasteiger partial charge >= 0.3 is 0 Å². The Labute approximate surface area is 125 Å². The maximum atomic E-state index is 4.92. The van der Waals surface area contributed by atoms with Gasteiger partial charge in [0.15, 0.2) is 0 Å². The van der Waals surface area contributed by atoms with E-state index in [1.807, 2.05) is 18.5 Å². The molecule has 21 heavy (non-hydrogen) atoms. The summed E-state index contributed by atoms with van der Waals surface area (Å²) in [6, 6.07) is 8.56. The molecule has 2 heterocycles. The van der Waals surface area contributed by atoms with Crippen molar-refractivity contribution in [3.8, 4) is 0 Å². The van der Waals surface area contributed by atoms with Crippen LogP contribution >= 0.6 is 0 Å². The number of benzene rings is 1. The summed E-state index contributed by atoms with van der Waals surface area (Å²) in [7, 11) is 0. The topological polar surface area (TPSA) is 37.8 Å². The smallest absolute Gasteiger partial charge is 0.130 e. The Kier molecular flexibility index (Phi) is 3.28. The summed E-state index contributed by atoms with van der Waals surface area (Å²) in [4.78, 5) is 9.11. The molecule has 0 spiro atoms. The Morgan fingerprint density at radius 3 is 2.57 bits per heavy atom. The van der Waals surface area contributed by atoms with Crippen molar-refractivity contribution in [2.75, 3.05) is 11.9 Å². The molecule has 0 amide bonds. The van der Waals surface area contributed by atoms with Crippen molar-refractivity contribution in [3.63, 3.8) is 0 Å². The zero-order valence-electron chi connectivity index (χ0n) is 13.1. The fourth-order valence-electron chi connectivity index (χ4n) is 2.68. The molecule has 1 aromatic carbocycles. The van der Waals surface area contributed by atoms with Crippen LogP contribution in [0.4, 0.5) is 5.82 Å². The van der Waals surface area contributed by atoms with E-state index in [-0.39, 0.29) is 5.41 Å². The third-order valence-electron chi connectivity index (χ3n) is 3.75. The molecule has 0 saturated carbocycles. The van der Waals surface area contributed by atoms with Gasteiger partial charge in [0.1, 0.15) is 5.82 Å². The van der Waals surface area contributed by atoms with Crippen LogP contribution in [0.5, 0.6) is 0 Å². The SMILES string of the molecule is CCNc1nc2c(ccc3cnccc32)cc1C(C)(C)C. The van der Waals surface area contributed by atoms with Crippen LogP contribution in [-0.4, -0.2) is 16.5 Å². The Hall–Kier alpha value is -2.16. The Balaban J connectivity index is 2.37. The summed E-state index contributed by atoms with van der Waals surface area (Å²) in [6.07, 6.45) is 3.72. The number of nitrogens with zero attached hydrogens (tertiary/aromatic N) is 2. The van der Waals surface area contributed by atoms with Gasteiger partial charge in [-0.3, -0.25) is 4.98 Å². The van der Waals surface area contributed by atoms with Gasteiger partial charge in [0.25, 0.3) is 0 Å². The van der Waals surface area contributed by atoms with Gasteiger partial charge in [0.05, 0.1) is 5.52 Å². The molecule has 0 aliphatic carbocycles. The number of rotatable bonds is 2. The molecule has 108 valence electrons. The maximum Gasteiger partial charge on any atom is 0.130 e. The Morgan fingerprint density at radius 2 is 1.86 bits per heavy atom. The van der Waals surface area contributed by atoms with E-state index in [4.69, 9.17) is 4.98 Å². The van der Waals surface area contributed by atoms with Gasteiger partial charge < -0.3 is 5.32 Å². The number of pyridine rings is 2. The van der Waals surface area contributed by atoms with Crippen molar-refractivity contribution >= 4 is 27.5 Å². The van der Waals surface area contributed by atoms with Crippen molar-refractivity contribution in [3.05, 3.63) is 42.2 Å². The van der Waals surface area contributed by atoms with Crippen LogP contribution in [0, 0.1) is 0 Å². The first kappa shape index (κ1) is 13.8. The highest BCUT2D eigenvalue weighted by atomic mass is 15.0. The minimum atomic E-state index is 0.0614. The lowest BCUT2D eigenvalue weighted by atomic mass is 9.86. The molecule has 0 aliphatic heterocycles. The molecule has 3 nitrogen and oxygen atoms in total. The van der Waals surface area contributed by atoms with Crippen LogP contribution in [0.3, 0.4) is 0 Å². The molecule has 3 heteroatoms. The molecule has 0 atom stereocenters. The van der Waals surface area contributed by atoms with Gasteiger partial charge in [-0.15, -0.1) is 0 Å². The third kappa shape index (κ3) is 2.44. The quantitative estimate of drug-likeness (QED) is 0.701. The first-order chi connectivity index (χ1) is 10.0. The van der Waals surface area contributed by atoms with Gasteiger partial charge in [-0.2, -0.15) is 0 Å². The molecule has 0 saturated heterocycles. The lowest BCUT2D eigenvalue weighted by molar-refractivity contribution is 0.590. The Bertz CT molecular complexity index is 801. The number of nitrogens with one attached hydrogen (secondary N) is 1. The standard InChI is InChI=1S/C18H21N3/c1-5-20-17-15(18(2,3)4)10-12-6-7-13-11-19-9-8-14(13)16(12)21-17/h6-11H,5H2,1-4H3,(H,20,21). The third-order valence-corrected chi connectivity index (χ3v) is 3.75. The average molecular weight is 279 g/mol. The second-order valence-corrected chi connectivity index (χ2v) is 6.40. The number of fused-ring (bicyclic) bond motifs is 3. The number of hydrogen-bond donors (Lipinski definition) is 1. The minimum Gasteiger partial charge on any atom is -0.370 e. The van der Waals surface area contributed by atoms with Crippen molar-refractivity contribution < 1.29 is 0 Å². The van der Waals surface area contributed by atoms with Crippen LogP contribution in [0.2, 0.25) is 0 Å². The lowest BCUT2D eigenvalue weighted by Crippen LogP contribution is -2.16. The fourth-order valence-corrected chi connectivity index (χ4v) is 2.68. The lowest BCUT2D eigenvalue weighted by Gasteiger charge is -2.23. The molecular weight excluding hydrogens is 258 g/mol. The van der Waals surface area contributed by atoms with Crippen molar-refractivity contribution in [1.82, 2.24) is 9.97 Å². The minimum absolute atomic E-state index is 0.0614. The van der Waals surface area contributed by atoms with E-state index < -0.39 is 0 Å². The molecule has 0 unspecified atom stereocenters. The molecule has 2 aromatic heterocycles. The predicted molar refractivity (Wildman–Crippen MR) is 89.9 cm³/mol. The van der Waals surface area contributed by atoms with Gasteiger partial charge in [0.2, 0.25) is 0 Å². The molecule has 3 aromatic rings. The van der Waals surface area contributed by atoms with Gasteiger partial charge in [0, 0.05) is 40.7 Å². The van der Waals surface area contributed by atoms with Crippen molar-refractivity contribution in [2.24, 2.45) is 0 Å². The van der Waals surface area contributed by atoms with E-state index in [2.05, 4.69) is 56.2 Å². The highest BCUT2D eigenvalue weighted by Gasteiger charge is 2.20. The number of hydrogen-bond acceptors (Lipinski definition) is 3. The van der Waals surface area contributed by atoms with E-state index >= 15 is 0 Å². The monoisotopic (exact) mass is 279 g/mol. The molecule has 1 N–H and O–H groups in total. The maximum absolute atomic E-state index is 4.92. The summed E-state index contributed by atoms with van der Waals surface area (Å²) >= 11 is 0. The number of aromatic nitrogens is 2. The van der Waals surface area contributed by atoms with E-state index in [9.17, 15) is 0 Å². The predicted octanol–water partition coefficient (Wildman–Crippen LogP) is 4.51.